The van der Waals surface area contributed by atoms with Gasteiger partial charge in [0.2, 0.25) is 0 Å². The number of carbonyl (C=O) groups excluding carboxylic acids is 2. The maximum Gasteiger partial charge on any atom is 1.00 e. The summed E-state index contributed by atoms with van der Waals surface area (Å²) in [5.41, 5.74) is 5.17. The van der Waals surface area contributed by atoms with Gasteiger partial charge in [-0.05, 0) is 29.7 Å². The molecule has 1 heterocycles. The number of nitrogens with zero attached hydrogens (tertiary/aromatic N) is 2. The van der Waals surface area contributed by atoms with Crippen molar-refractivity contribution in [2.24, 2.45) is 7.05 Å². The zero-order valence-corrected chi connectivity index (χ0v) is 24.2. The molecule has 1 aliphatic rings. The van der Waals surface area contributed by atoms with Crippen LogP contribution in [0.15, 0.2) is 79.0 Å². The molecule has 1 atom stereocenters. The Kier molecular flexibility index (Phi) is 9.57. The molecule has 190 valence electrons. The quantitative estimate of drug-likeness (QED) is 0.285. The van der Waals surface area contributed by atoms with Crippen molar-refractivity contribution in [3.63, 3.8) is 0 Å². The monoisotopic (exact) mass is 538 g/mol. The van der Waals surface area contributed by atoms with E-state index in [1.807, 2.05) is 66.7 Å². The SMILES string of the molecule is C[C@@H](OC(=O)Nc1c(-c2ccc(-c3ccc(C4([C-]=O)CC4)cc3)cc2)cnn1C)c1ccccc1Cl.[Na+].[OH-]. The second-order valence-corrected chi connectivity index (χ2v) is 9.47. The van der Waals surface area contributed by atoms with Crippen molar-refractivity contribution in [3.8, 4) is 22.3 Å². The van der Waals surface area contributed by atoms with Crippen LogP contribution in [0.1, 0.15) is 37.0 Å². The molecule has 0 unspecified atom stereocenters. The van der Waals surface area contributed by atoms with Gasteiger partial charge in [0.05, 0.1) is 6.20 Å². The van der Waals surface area contributed by atoms with E-state index in [1.54, 1.807) is 30.9 Å². The van der Waals surface area contributed by atoms with Gasteiger partial charge in [-0.15, -0.1) is 5.41 Å². The van der Waals surface area contributed by atoms with E-state index in [0.717, 1.165) is 46.2 Å². The average Bonchev–Trinajstić information content (AvgIpc) is 3.62. The first-order valence-electron chi connectivity index (χ1n) is 11.7. The average molecular weight is 539 g/mol. The summed E-state index contributed by atoms with van der Waals surface area (Å²) >= 11 is 6.23. The Labute approximate surface area is 248 Å². The van der Waals surface area contributed by atoms with Gasteiger partial charge in [-0.2, -0.15) is 5.10 Å². The van der Waals surface area contributed by atoms with Crippen LogP contribution in [0.4, 0.5) is 10.6 Å². The first-order valence-corrected chi connectivity index (χ1v) is 12.1. The fourth-order valence-electron chi connectivity index (χ4n) is 4.35. The molecule has 38 heavy (non-hydrogen) atoms. The summed E-state index contributed by atoms with van der Waals surface area (Å²) < 4.78 is 7.16. The number of ether oxygens (including phenoxy) is 1. The summed E-state index contributed by atoms with van der Waals surface area (Å²) in [4.78, 5) is 23.9. The van der Waals surface area contributed by atoms with E-state index in [4.69, 9.17) is 16.3 Å². The molecule has 2 N–H and O–H groups in total. The van der Waals surface area contributed by atoms with Crippen LogP contribution < -0.4 is 34.9 Å². The van der Waals surface area contributed by atoms with Crippen LogP contribution in [0.2, 0.25) is 5.02 Å². The van der Waals surface area contributed by atoms with Crippen LogP contribution in [0.3, 0.4) is 0 Å². The molecule has 5 rings (SSSR count). The number of halogens is 1. The molecule has 1 aromatic heterocycles. The molecule has 1 aliphatic carbocycles. The summed E-state index contributed by atoms with van der Waals surface area (Å²) in [5.74, 6) is 0.531. The first-order chi connectivity index (χ1) is 17.4. The fraction of sp³-hybridized carbons (Fsp3) is 0.207. The Morgan fingerprint density at radius 1 is 1.03 bits per heavy atom. The van der Waals surface area contributed by atoms with Crippen LogP contribution in [0, 0.1) is 0 Å². The van der Waals surface area contributed by atoms with Gasteiger partial charge in [-0.3, -0.25) is 16.3 Å². The third-order valence-corrected chi connectivity index (χ3v) is 7.04. The zero-order chi connectivity index (χ0) is 25.3. The number of hydrogen-bond donors (Lipinski definition) is 1. The van der Waals surface area contributed by atoms with Gasteiger partial charge in [-0.25, -0.2) is 4.79 Å². The molecule has 4 aromatic rings. The molecule has 0 radical (unpaired) electrons. The summed E-state index contributed by atoms with van der Waals surface area (Å²) in [6.07, 6.45) is 4.54. The van der Waals surface area contributed by atoms with Crippen molar-refractivity contribution in [1.82, 2.24) is 9.78 Å². The molecule has 0 bridgehead atoms. The van der Waals surface area contributed by atoms with Crippen LogP contribution in [-0.4, -0.2) is 27.6 Å². The van der Waals surface area contributed by atoms with Crippen molar-refractivity contribution in [2.75, 3.05) is 5.32 Å². The molecule has 1 amide bonds. The number of nitrogens with one attached hydrogen (secondary N) is 1. The van der Waals surface area contributed by atoms with Crippen molar-refractivity contribution in [1.29, 1.82) is 0 Å². The summed E-state index contributed by atoms with van der Waals surface area (Å²) in [6, 6.07) is 23.4. The van der Waals surface area contributed by atoms with Crippen LogP contribution in [0.25, 0.3) is 22.3 Å². The largest absolute Gasteiger partial charge is 1.00 e. The maximum absolute atomic E-state index is 12.7. The molecular formula is C29H26ClN3NaO4-. The van der Waals surface area contributed by atoms with E-state index in [2.05, 4.69) is 16.7 Å². The number of hydrogen-bond acceptors (Lipinski definition) is 5. The van der Waals surface area contributed by atoms with E-state index >= 15 is 0 Å². The first kappa shape index (κ1) is 29.6. The third-order valence-electron chi connectivity index (χ3n) is 6.70. The van der Waals surface area contributed by atoms with E-state index < -0.39 is 17.6 Å². The van der Waals surface area contributed by atoms with E-state index in [9.17, 15) is 9.59 Å². The van der Waals surface area contributed by atoms with Crippen molar-refractivity contribution in [3.05, 3.63) is 95.1 Å². The molecule has 1 saturated carbocycles. The van der Waals surface area contributed by atoms with E-state index in [-0.39, 0.29) is 35.0 Å². The summed E-state index contributed by atoms with van der Waals surface area (Å²) in [7, 11) is 1.76. The topological polar surface area (TPSA) is 103 Å². The Bertz CT molecular complexity index is 1420. The molecule has 7 nitrogen and oxygen atoms in total. The molecule has 0 spiro atoms. The Balaban J connectivity index is 0.00000200. The van der Waals surface area contributed by atoms with Gasteiger partial charge in [0.25, 0.3) is 0 Å². The number of aromatic nitrogens is 2. The predicted molar refractivity (Wildman–Crippen MR) is 143 cm³/mol. The van der Waals surface area contributed by atoms with Gasteiger partial charge in [0, 0.05) is 23.2 Å². The second kappa shape index (κ2) is 12.3. The fourth-order valence-corrected chi connectivity index (χ4v) is 4.64. The second-order valence-electron chi connectivity index (χ2n) is 9.06. The Hall–Kier alpha value is -2.94. The van der Waals surface area contributed by atoms with Gasteiger partial charge in [0.15, 0.2) is 0 Å². The smallest absolute Gasteiger partial charge is 0.870 e. The van der Waals surface area contributed by atoms with E-state index in [0.29, 0.717) is 10.8 Å². The minimum absolute atomic E-state index is 0. The minimum Gasteiger partial charge on any atom is -0.870 e. The molecule has 3 aromatic carbocycles. The summed E-state index contributed by atoms with van der Waals surface area (Å²) in [6.45, 7) is 1.78. The number of anilines is 1. The van der Waals surface area contributed by atoms with Gasteiger partial charge in [-0.1, -0.05) is 96.7 Å². The number of carbonyl (C=O) groups is 1. The zero-order valence-electron chi connectivity index (χ0n) is 21.4. The molecule has 0 aliphatic heterocycles. The van der Waals surface area contributed by atoms with Gasteiger partial charge < -0.3 is 15.0 Å². The Morgan fingerprint density at radius 3 is 2.18 bits per heavy atom. The minimum atomic E-state index is -0.593. The number of benzene rings is 3. The maximum atomic E-state index is 12.7. The number of amides is 1. The predicted octanol–water partition coefficient (Wildman–Crippen LogP) is 3.69. The van der Waals surface area contributed by atoms with Crippen molar-refractivity contribution < 1.29 is 49.4 Å². The van der Waals surface area contributed by atoms with Crippen LogP contribution in [-0.2, 0) is 22.0 Å². The molecular weight excluding hydrogens is 513 g/mol. The van der Waals surface area contributed by atoms with Crippen molar-refractivity contribution >= 4 is 29.8 Å². The third kappa shape index (κ3) is 6.03. The standard InChI is InChI=1S/C29H25ClN3O3.Na.H2O/c1-19(24-5-3-4-6-26(24)30)36-28(35)32-27-25(17-31-33(27)2)22-9-7-20(8-10-22)21-11-13-23(14-12-21)29(18-34)15-16-29;;/h3-14,17,19H,15-16H2,1-2H3,(H,32,35);;1H2/q-1;+1;/p-1/t19-;;/m1../s1. The normalized spacial score (nSPS) is 13.9. The van der Waals surface area contributed by atoms with E-state index in [1.165, 1.54) is 0 Å². The van der Waals surface area contributed by atoms with Crippen LogP contribution in [0.5, 0.6) is 0 Å². The number of rotatable bonds is 7. The molecule has 1 fully saturated rings. The molecule has 0 saturated heterocycles. The summed E-state index contributed by atoms with van der Waals surface area (Å²) in [5, 5.41) is 7.68. The van der Waals surface area contributed by atoms with Crippen LogP contribution >= 0.6 is 11.6 Å². The van der Waals surface area contributed by atoms with Crippen molar-refractivity contribution in [2.45, 2.75) is 31.3 Å². The van der Waals surface area contributed by atoms with Gasteiger partial charge >= 0.3 is 35.7 Å². The Morgan fingerprint density at radius 2 is 1.61 bits per heavy atom. The number of aryl methyl sites for hydroxylation is 1. The van der Waals surface area contributed by atoms with Gasteiger partial charge in [0.1, 0.15) is 11.9 Å². The molecule has 9 heteroatoms.